The Hall–Kier alpha value is -2.54. The standard InChI is InChI=1S/C12H8ClNO6/c13-9-5-7(1-3-10(9)14(17)18)19-6-8-2-4-11(20-8)12(15)16/h1-5H,6H2,(H,15,16). The normalized spacial score (nSPS) is 10.2. The molecule has 2 aromatic rings. The van der Waals surface area contributed by atoms with Crippen molar-refractivity contribution in [3.8, 4) is 5.75 Å². The molecule has 1 N–H and O–H groups in total. The van der Waals surface area contributed by atoms with Crippen LogP contribution in [0.4, 0.5) is 5.69 Å². The van der Waals surface area contributed by atoms with Crippen LogP contribution in [0, 0.1) is 10.1 Å². The van der Waals surface area contributed by atoms with E-state index in [0.29, 0.717) is 11.5 Å². The van der Waals surface area contributed by atoms with Crippen molar-refractivity contribution in [2.45, 2.75) is 6.61 Å². The minimum absolute atomic E-state index is 0.0125. The summed E-state index contributed by atoms with van der Waals surface area (Å²) in [5.41, 5.74) is -0.217. The first-order valence-corrected chi connectivity index (χ1v) is 5.74. The minimum Gasteiger partial charge on any atom is -0.486 e. The molecule has 8 heteroatoms. The van der Waals surface area contributed by atoms with Gasteiger partial charge in [-0.25, -0.2) is 4.79 Å². The Morgan fingerprint density at radius 3 is 2.70 bits per heavy atom. The number of aromatic carboxylic acids is 1. The van der Waals surface area contributed by atoms with Crippen LogP contribution in [-0.4, -0.2) is 16.0 Å². The Morgan fingerprint density at radius 1 is 1.40 bits per heavy atom. The van der Waals surface area contributed by atoms with Gasteiger partial charge in [0.05, 0.1) is 4.92 Å². The summed E-state index contributed by atoms with van der Waals surface area (Å²) in [6.45, 7) is -0.0125. The number of nitro groups is 1. The molecule has 0 atom stereocenters. The molecule has 0 unspecified atom stereocenters. The third-order valence-corrected chi connectivity index (χ3v) is 2.67. The maximum absolute atomic E-state index is 10.6. The summed E-state index contributed by atoms with van der Waals surface area (Å²) in [5.74, 6) is -0.731. The molecular weight excluding hydrogens is 290 g/mol. The van der Waals surface area contributed by atoms with Crippen LogP contribution in [0.2, 0.25) is 5.02 Å². The maximum Gasteiger partial charge on any atom is 0.371 e. The van der Waals surface area contributed by atoms with Gasteiger partial charge in [0.15, 0.2) is 0 Å². The molecule has 1 aromatic carbocycles. The predicted molar refractivity (Wildman–Crippen MR) is 68.1 cm³/mol. The van der Waals surface area contributed by atoms with Crippen LogP contribution in [0.3, 0.4) is 0 Å². The number of carboxylic acid groups (broad SMARTS) is 1. The van der Waals surface area contributed by atoms with Crippen LogP contribution in [0.5, 0.6) is 5.75 Å². The van der Waals surface area contributed by atoms with E-state index in [1.807, 2.05) is 0 Å². The Balaban J connectivity index is 2.05. The smallest absolute Gasteiger partial charge is 0.371 e. The molecular formula is C12H8ClNO6. The van der Waals surface area contributed by atoms with Crippen molar-refractivity contribution < 1.29 is 24.0 Å². The van der Waals surface area contributed by atoms with Gasteiger partial charge in [-0.1, -0.05) is 11.6 Å². The van der Waals surface area contributed by atoms with Crippen LogP contribution < -0.4 is 4.74 Å². The van der Waals surface area contributed by atoms with Crippen molar-refractivity contribution in [1.29, 1.82) is 0 Å². The monoisotopic (exact) mass is 297 g/mol. The zero-order valence-electron chi connectivity index (χ0n) is 9.91. The molecule has 1 heterocycles. The van der Waals surface area contributed by atoms with E-state index >= 15 is 0 Å². The van der Waals surface area contributed by atoms with Gasteiger partial charge >= 0.3 is 5.97 Å². The lowest BCUT2D eigenvalue weighted by molar-refractivity contribution is -0.384. The van der Waals surface area contributed by atoms with Crippen molar-refractivity contribution in [2.75, 3.05) is 0 Å². The summed E-state index contributed by atoms with van der Waals surface area (Å²) >= 11 is 5.73. The third kappa shape index (κ3) is 3.07. The lowest BCUT2D eigenvalue weighted by atomic mass is 10.3. The highest BCUT2D eigenvalue weighted by Gasteiger charge is 2.13. The molecule has 0 radical (unpaired) electrons. The summed E-state index contributed by atoms with van der Waals surface area (Å²) < 4.78 is 10.3. The quantitative estimate of drug-likeness (QED) is 0.672. The molecule has 1 aromatic heterocycles. The van der Waals surface area contributed by atoms with E-state index in [-0.39, 0.29) is 23.1 Å². The topological polar surface area (TPSA) is 103 Å². The van der Waals surface area contributed by atoms with Crippen molar-refractivity contribution >= 4 is 23.3 Å². The third-order valence-electron chi connectivity index (χ3n) is 2.37. The fraction of sp³-hybridized carbons (Fsp3) is 0.0833. The van der Waals surface area contributed by atoms with Gasteiger partial charge in [-0.15, -0.1) is 0 Å². The van der Waals surface area contributed by atoms with Gasteiger partial charge in [-0.05, 0) is 18.2 Å². The molecule has 0 saturated carbocycles. The zero-order valence-corrected chi connectivity index (χ0v) is 10.7. The second kappa shape index (κ2) is 5.62. The first-order chi connectivity index (χ1) is 9.47. The molecule has 7 nitrogen and oxygen atoms in total. The van der Waals surface area contributed by atoms with Crippen LogP contribution in [-0.2, 0) is 6.61 Å². The van der Waals surface area contributed by atoms with Crippen LogP contribution in [0.25, 0.3) is 0 Å². The van der Waals surface area contributed by atoms with Crippen LogP contribution in [0.1, 0.15) is 16.3 Å². The summed E-state index contributed by atoms with van der Waals surface area (Å²) in [6.07, 6.45) is 0. The van der Waals surface area contributed by atoms with E-state index in [9.17, 15) is 14.9 Å². The largest absolute Gasteiger partial charge is 0.486 e. The van der Waals surface area contributed by atoms with E-state index in [0.717, 1.165) is 0 Å². The Bertz CT molecular complexity index is 666. The summed E-state index contributed by atoms with van der Waals surface area (Å²) in [6, 6.07) is 6.70. The van der Waals surface area contributed by atoms with E-state index in [1.165, 1.54) is 30.3 Å². The first-order valence-electron chi connectivity index (χ1n) is 5.36. The number of rotatable bonds is 5. The van der Waals surface area contributed by atoms with Crippen molar-refractivity contribution in [3.63, 3.8) is 0 Å². The van der Waals surface area contributed by atoms with Gasteiger partial charge in [0.25, 0.3) is 5.69 Å². The molecule has 20 heavy (non-hydrogen) atoms. The molecule has 0 bridgehead atoms. The van der Waals surface area contributed by atoms with Crippen LogP contribution >= 0.6 is 11.6 Å². The van der Waals surface area contributed by atoms with Crippen molar-refractivity contribution in [1.82, 2.24) is 0 Å². The lowest BCUT2D eigenvalue weighted by Crippen LogP contribution is -1.96. The minimum atomic E-state index is -1.17. The molecule has 0 aliphatic carbocycles. The number of furan rings is 1. The number of hydrogen-bond acceptors (Lipinski definition) is 5. The second-order valence-electron chi connectivity index (χ2n) is 3.73. The molecule has 0 saturated heterocycles. The molecule has 104 valence electrons. The van der Waals surface area contributed by atoms with E-state index in [1.54, 1.807) is 0 Å². The van der Waals surface area contributed by atoms with Gasteiger partial charge in [0.1, 0.15) is 23.1 Å². The number of hydrogen-bond donors (Lipinski definition) is 1. The van der Waals surface area contributed by atoms with E-state index in [4.69, 9.17) is 25.9 Å². The summed E-state index contributed by atoms with van der Waals surface area (Å²) in [7, 11) is 0. The molecule has 0 fully saturated rings. The molecule has 0 aliphatic heterocycles. The second-order valence-corrected chi connectivity index (χ2v) is 4.14. The molecule has 0 amide bonds. The van der Waals surface area contributed by atoms with E-state index in [2.05, 4.69) is 0 Å². The lowest BCUT2D eigenvalue weighted by Gasteiger charge is -2.04. The molecule has 0 spiro atoms. The number of benzene rings is 1. The van der Waals surface area contributed by atoms with E-state index < -0.39 is 10.9 Å². The highest BCUT2D eigenvalue weighted by Crippen LogP contribution is 2.28. The average Bonchev–Trinajstić information content (AvgIpc) is 2.85. The van der Waals surface area contributed by atoms with Gasteiger partial charge in [0, 0.05) is 12.1 Å². The fourth-order valence-electron chi connectivity index (χ4n) is 1.45. The summed E-state index contributed by atoms with van der Waals surface area (Å²) in [4.78, 5) is 20.6. The number of carbonyl (C=O) groups is 1. The average molecular weight is 298 g/mol. The SMILES string of the molecule is O=C(O)c1ccc(COc2ccc([N+](=O)[O-])c(Cl)c2)o1. The van der Waals surface area contributed by atoms with Gasteiger partial charge in [0.2, 0.25) is 5.76 Å². The van der Waals surface area contributed by atoms with Gasteiger partial charge in [-0.3, -0.25) is 10.1 Å². The number of carboxylic acids is 1. The number of nitro benzene ring substituents is 1. The van der Waals surface area contributed by atoms with Crippen molar-refractivity contribution in [3.05, 3.63) is 57.0 Å². The number of nitrogens with zero attached hydrogens (tertiary/aromatic N) is 1. The Kier molecular flexibility index (Phi) is 3.90. The van der Waals surface area contributed by atoms with Gasteiger partial charge in [-0.2, -0.15) is 0 Å². The van der Waals surface area contributed by atoms with Gasteiger partial charge < -0.3 is 14.3 Å². The van der Waals surface area contributed by atoms with Crippen LogP contribution in [0.15, 0.2) is 34.7 Å². The summed E-state index contributed by atoms with van der Waals surface area (Å²) in [5, 5.41) is 19.2. The highest BCUT2D eigenvalue weighted by molar-refractivity contribution is 6.32. The fourth-order valence-corrected chi connectivity index (χ4v) is 1.69. The predicted octanol–water partition coefficient (Wildman–Crippen LogP) is 3.12. The Labute approximate surface area is 117 Å². The zero-order chi connectivity index (χ0) is 14.7. The first kappa shape index (κ1) is 13.9. The number of ether oxygens (including phenoxy) is 1. The maximum atomic E-state index is 10.6. The Morgan fingerprint density at radius 2 is 2.15 bits per heavy atom. The highest BCUT2D eigenvalue weighted by atomic mass is 35.5. The molecule has 2 rings (SSSR count). The number of halogens is 1. The molecule has 0 aliphatic rings. The van der Waals surface area contributed by atoms with Crippen molar-refractivity contribution in [2.24, 2.45) is 0 Å².